The number of nitrogens with two attached hydrogens (primary N) is 1. The Balaban J connectivity index is 1.67. The van der Waals surface area contributed by atoms with E-state index in [1.807, 2.05) is 18.2 Å². The van der Waals surface area contributed by atoms with Gasteiger partial charge in [-0.2, -0.15) is 4.98 Å². The van der Waals surface area contributed by atoms with Crippen LogP contribution in [0.3, 0.4) is 0 Å². The second kappa shape index (κ2) is 7.97. The van der Waals surface area contributed by atoms with E-state index in [2.05, 4.69) is 39.6 Å². The first-order valence-electron chi connectivity index (χ1n) is 10.0. The highest BCUT2D eigenvalue weighted by Crippen LogP contribution is 2.30. The molecule has 3 aromatic rings. The summed E-state index contributed by atoms with van der Waals surface area (Å²) < 4.78 is 0. The fourth-order valence-corrected chi connectivity index (χ4v) is 3.98. The number of nitrogen functional groups attached to an aromatic ring is 1. The number of carbonyl (C=O) groups is 1. The molecule has 1 saturated carbocycles. The maximum absolute atomic E-state index is 11.3. The number of fused-ring (bicyclic) bond motifs is 1. The molecule has 1 aromatic heterocycles. The lowest BCUT2D eigenvalue weighted by Crippen LogP contribution is -2.23. The summed E-state index contributed by atoms with van der Waals surface area (Å²) in [6, 6.07) is 14.8. The minimum Gasteiger partial charge on any atom is -0.368 e. The predicted octanol–water partition coefficient (Wildman–Crippen LogP) is 4.76. The molecule has 0 unspecified atom stereocenters. The first-order chi connectivity index (χ1) is 13.6. The van der Waals surface area contributed by atoms with Gasteiger partial charge in [0, 0.05) is 17.8 Å². The molecule has 1 heterocycles. The van der Waals surface area contributed by atoms with Crippen molar-refractivity contribution in [2.24, 2.45) is 0 Å². The van der Waals surface area contributed by atoms with Gasteiger partial charge in [-0.3, -0.25) is 4.79 Å². The van der Waals surface area contributed by atoms with Crippen molar-refractivity contribution in [3.05, 3.63) is 48.0 Å². The molecule has 4 rings (SSSR count). The molecule has 2 aromatic carbocycles. The first kappa shape index (κ1) is 18.4. The fraction of sp³-hybridized carbons (Fsp3) is 0.348. The van der Waals surface area contributed by atoms with E-state index in [0.717, 1.165) is 33.4 Å². The summed E-state index contributed by atoms with van der Waals surface area (Å²) in [5, 5.41) is 4.60. The molecule has 5 heteroatoms. The average molecular weight is 374 g/mol. The Labute approximate surface area is 165 Å². The van der Waals surface area contributed by atoms with Crippen LogP contribution in [0.25, 0.3) is 22.0 Å². The molecule has 0 atom stereocenters. The van der Waals surface area contributed by atoms with Gasteiger partial charge in [0.25, 0.3) is 0 Å². The molecule has 5 nitrogen and oxygen atoms in total. The van der Waals surface area contributed by atoms with Gasteiger partial charge in [0.05, 0.1) is 5.52 Å². The van der Waals surface area contributed by atoms with Crippen LogP contribution >= 0.6 is 0 Å². The van der Waals surface area contributed by atoms with Crippen molar-refractivity contribution >= 4 is 28.5 Å². The fourth-order valence-electron chi connectivity index (χ4n) is 3.98. The lowest BCUT2D eigenvalue weighted by atomic mass is 9.95. The smallest absolute Gasteiger partial charge is 0.222 e. The Hall–Kier alpha value is -2.95. The monoisotopic (exact) mass is 374 g/mol. The van der Waals surface area contributed by atoms with Crippen LogP contribution in [-0.2, 0) is 11.2 Å². The highest BCUT2D eigenvalue weighted by atomic mass is 16.1. The van der Waals surface area contributed by atoms with Crippen LogP contribution in [-0.4, -0.2) is 21.8 Å². The molecular formula is C23H26N4O. The summed E-state index contributed by atoms with van der Waals surface area (Å²) in [6.07, 6.45) is 6.64. The van der Waals surface area contributed by atoms with Crippen molar-refractivity contribution in [1.29, 1.82) is 0 Å². The van der Waals surface area contributed by atoms with Gasteiger partial charge < -0.3 is 11.1 Å². The standard InChI is InChI=1S/C23H26N4O/c1-15(28)13-16-7-9-17(10-8-16)18-11-12-21-20(14-18)22(27-23(24)26-21)25-19-5-3-2-4-6-19/h7-12,14,19H,2-6,13H2,1H3,(H3,24,25,26,27). The summed E-state index contributed by atoms with van der Waals surface area (Å²) in [5.41, 5.74) is 10.0. The number of hydrogen-bond donors (Lipinski definition) is 2. The zero-order chi connectivity index (χ0) is 19.5. The summed E-state index contributed by atoms with van der Waals surface area (Å²) in [4.78, 5) is 20.2. The van der Waals surface area contributed by atoms with Gasteiger partial charge in [0.2, 0.25) is 5.95 Å². The summed E-state index contributed by atoms with van der Waals surface area (Å²) >= 11 is 0. The molecule has 0 aliphatic heterocycles. The minimum atomic E-state index is 0.173. The van der Waals surface area contributed by atoms with Crippen molar-refractivity contribution in [3.63, 3.8) is 0 Å². The lowest BCUT2D eigenvalue weighted by Gasteiger charge is -2.24. The van der Waals surface area contributed by atoms with E-state index in [1.54, 1.807) is 6.92 Å². The van der Waals surface area contributed by atoms with Crippen molar-refractivity contribution in [2.75, 3.05) is 11.1 Å². The molecule has 0 radical (unpaired) electrons. The molecule has 0 amide bonds. The number of nitrogens with one attached hydrogen (secondary N) is 1. The van der Waals surface area contributed by atoms with Crippen LogP contribution in [0.1, 0.15) is 44.6 Å². The second-order valence-corrected chi connectivity index (χ2v) is 7.72. The number of Topliss-reactive ketones (excluding diaryl/α,β-unsaturated/α-hetero) is 1. The molecule has 28 heavy (non-hydrogen) atoms. The number of benzene rings is 2. The van der Waals surface area contributed by atoms with Crippen LogP contribution < -0.4 is 11.1 Å². The van der Waals surface area contributed by atoms with Crippen LogP contribution in [0.5, 0.6) is 0 Å². The number of carbonyl (C=O) groups excluding carboxylic acids is 1. The molecule has 3 N–H and O–H groups in total. The quantitative estimate of drug-likeness (QED) is 0.673. The highest BCUT2D eigenvalue weighted by molar-refractivity contribution is 5.93. The SMILES string of the molecule is CC(=O)Cc1ccc(-c2ccc3nc(N)nc(NC4CCCCC4)c3c2)cc1. The number of aromatic nitrogens is 2. The maximum atomic E-state index is 11.3. The van der Waals surface area contributed by atoms with Crippen molar-refractivity contribution in [2.45, 2.75) is 51.5 Å². The molecule has 1 aliphatic rings. The topological polar surface area (TPSA) is 80.9 Å². The average Bonchev–Trinajstić information content (AvgIpc) is 2.69. The number of rotatable bonds is 5. The first-order valence-corrected chi connectivity index (χ1v) is 10.0. The van der Waals surface area contributed by atoms with E-state index in [-0.39, 0.29) is 5.78 Å². The molecule has 144 valence electrons. The molecule has 1 fully saturated rings. The van der Waals surface area contributed by atoms with E-state index >= 15 is 0 Å². The third kappa shape index (κ3) is 4.14. The number of hydrogen-bond acceptors (Lipinski definition) is 5. The largest absolute Gasteiger partial charge is 0.368 e. The zero-order valence-corrected chi connectivity index (χ0v) is 16.2. The Bertz CT molecular complexity index is 991. The van der Waals surface area contributed by atoms with Crippen molar-refractivity contribution in [3.8, 4) is 11.1 Å². The molecule has 1 aliphatic carbocycles. The molecule has 0 saturated heterocycles. The molecule has 0 bridgehead atoms. The van der Waals surface area contributed by atoms with Gasteiger partial charge in [0.15, 0.2) is 0 Å². The van der Waals surface area contributed by atoms with Gasteiger partial charge in [-0.25, -0.2) is 4.98 Å². The number of nitrogens with zero attached hydrogens (tertiary/aromatic N) is 2. The Morgan fingerprint density at radius 2 is 1.75 bits per heavy atom. The van der Waals surface area contributed by atoms with Gasteiger partial charge in [-0.15, -0.1) is 0 Å². The van der Waals surface area contributed by atoms with Gasteiger partial charge in [-0.05, 0) is 48.6 Å². The summed E-state index contributed by atoms with van der Waals surface area (Å²) in [5.74, 6) is 1.29. The second-order valence-electron chi connectivity index (χ2n) is 7.72. The molecule has 0 spiro atoms. The van der Waals surface area contributed by atoms with Crippen molar-refractivity contribution < 1.29 is 4.79 Å². The third-order valence-electron chi connectivity index (χ3n) is 5.40. The Morgan fingerprint density at radius 3 is 2.46 bits per heavy atom. The minimum absolute atomic E-state index is 0.173. The Morgan fingerprint density at radius 1 is 1.04 bits per heavy atom. The zero-order valence-electron chi connectivity index (χ0n) is 16.2. The van der Waals surface area contributed by atoms with Crippen LogP contribution in [0, 0.1) is 0 Å². The predicted molar refractivity (Wildman–Crippen MR) is 114 cm³/mol. The van der Waals surface area contributed by atoms with Gasteiger partial charge >= 0.3 is 0 Å². The van der Waals surface area contributed by atoms with Crippen LogP contribution in [0.4, 0.5) is 11.8 Å². The van der Waals surface area contributed by atoms with E-state index in [9.17, 15) is 4.79 Å². The molecular weight excluding hydrogens is 348 g/mol. The van der Waals surface area contributed by atoms with E-state index in [4.69, 9.17) is 5.73 Å². The van der Waals surface area contributed by atoms with Gasteiger partial charge in [0.1, 0.15) is 11.6 Å². The maximum Gasteiger partial charge on any atom is 0.222 e. The van der Waals surface area contributed by atoms with Gasteiger partial charge in [-0.1, -0.05) is 49.6 Å². The van der Waals surface area contributed by atoms with E-state index < -0.39 is 0 Å². The summed E-state index contributed by atoms with van der Waals surface area (Å²) in [7, 11) is 0. The number of ketones is 1. The van der Waals surface area contributed by atoms with Crippen LogP contribution in [0.15, 0.2) is 42.5 Å². The Kier molecular flexibility index (Phi) is 5.24. The number of anilines is 2. The van der Waals surface area contributed by atoms with E-state index in [0.29, 0.717) is 18.4 Å². The van der Waals surface area contributed by atoms with Crippen LogP contribution in [0.2, 0.25) is 0 Å². The third-order valence-corrected chi connectivity index (χ3v) is 5.40. The van der Waals surface area contributed by atoms with Crippen molar-refractivity contribution in [1.82, 2.24) is 9.97 Å². The summed E-state index contributed by atoms with van der Waals surface area (Å²) in [6.45, 7) is 1.61. The highest BCUT2D eigenvalue weighted by Gasteiger charge is 2.16. The van der Waals surface area contributed by atoms with E-state index in [1.165, 1.54) is 32.1 Å². The lowest BCUT2D eigenvalue weighted by molar-refractivity contribution is -0.116. The normalized spacial score (nSPS) is 14.9.